The number of aliphatic imine (C=N–C) groups is 1. The number of rotatable bonds is 9. The number of halogens is 1. The highest BCUT2D eigenvalue weighted by molar-refractivity contribution is 14.0. The molecule has 0 radical (unpaired) electrons. The molecule has 2 heterocycles. The summed E-state index contributed by atoms with van der Waals surface area (Å²) in [5.41, 5.74) is 1.46. The maximum Gasteiger partial charge on any atom is 0.191 e. The predicted molar refractivity (Wildman–Crippen MR) is 137 cm³/mol. The minimum atomic E-state index is 0. The first-order valence-electron chi connectivity index (χ1n) is 11.5. The molecule has 31 heavy (non-hydrogen) atoms. The molecule has 7 nitrogen and oxygen atoms in total. The van der Waals surface area contributed by atoms with Crippen LogP contribution in [0.2, 0.25) is 0 Å². The van der Waals surface area contributed by atoms with Crippen LogP contribution in [0, 0.1) is 5.41 Å². The quantitative estimate of drug-likeness (QED) is 0.281. The lowest BCUT2D eigenvalue weighted by molar-refractivity contribution is 0.0529. The van der Waals surface area contributed by atoms with E-state index in [1.54, 1.807) is 7.11 Å². The molecule has 2 fully saturated rings. The van der Waals surface area contributed by atoms with Crippen LogP contribution in [0.3, 0.4) is 0 Å². The van der Waals surface area contributed by atoms with Crippen molar-refractivity contribution in [2.24, 2.45) is 10.4 Å². The molecule has 1 aliphatic heterocycles. The number of ether oxygens (including phenoxy) is 2. The zero-order valence-electron chi connectivity index (χ0n) is 19.4. The Morgan fingerprint density at radius 1 is 1.32 bits per heavy atom. The number of anilines is 1. The van der Waals surface area contributed by atoms with Crippen LogP contribution < -0.4 is 15.5 Å². The van der Waals surface area contributed by atoms with Gasteiger partial charge in [-0.15, -0.1) is 24.0 Å². The van der Waals surface area contributed by atoms with E-state index >= 15 is 0 Å². The number of guanidine groups is 1. The molecule has 8 heteroatoms. The molecular weight excluding hydrogens is 505 g/mol. The lowest BCUT2D eigenvalue weighted by Gasteiger charge is -2.32. The minimum absolute atomic E-state index is 0. The molecule has 1 saturated carbocycles. The Bertz CT molecular complexity index is 664. The maximum atomic E-state index is 5.62. The number of nitrogens with zero attached hydrogens (tertiary/aromatic N) is 3. The van der Waals surface area contributed by atoms with Crippen LogP contribution in [0.15, 0.2) is 23.3 Å². The third-order valence-corrected chi connectivity index (χ3v) is 6.27. The third-order valence-electron chi connectivity index (χ3n) is 6.27. The number of aromatic nitrogens is 1. The molecule has 3 rings (SSSR count). The second-order valence-electron chi connectivity index (χ2n) is 8.65. The van der Waals surface area contributed by atoms with E-state index in [1.807, 2.05) is 6.20 Å². The lowest BCUT2D eigenvalue weighted by atomic mass is 9.83. The average Bonchev–Trinajstić information content (AvgIpc) is 3.24. The smallest absolute Gasteiger partial charge is 0.191 e. The molecule has 1 saturated heterocycles. The Kier molecular flexibility index (Phi) is 11.3. The normalized spacial score (nSPS) is 20.9. The van der Waals surface area contributed by atoms with Gasteiger partial charge in [0.1, 0.15) is 5.82 Å². The highest BCUT2D eigenvalue weighted by atomic mass is 127. The number of morpholine rings is 1. The number of nitrogens with one attached hydrogen (secondary N) is 2. The molecular formula is C23H40IN5O2. The van der Waals surface area contributed by atoms with E-state index in [9.17, 15) is 0 Å². The Morgan fingerprint density at radius 2 is 2.13 bits per heavy atom. The van der Waals surface area contributed by atoms with Crippen molar-refractivity contribution in [2.45, 2.75) is 58.6 Å². The molecule has 1 aromatic rings. The van der Waals surface area contributed by atoms with Gasteiger partial charge in [0.25, 0.3) is 0 Å². The van der Waals surface area contributed by atoms with Crippen molar-refractivity contribution in [3.63, 3.8) is 0 Å². The predicted octanol–water partition coefficient (Wildman–Crippen LogP) is 3.58. The second-order valence-corrected chi connectivity index (χ2v) is 8.65. The molecule has 0 amide bonds. The maximum absolute atomic E-state index is 5.62. The largest absolute Gasteiger partial charge is 0.385 e. The van der Waals surface area contributed by atoms with Crippen LogP contribution in [0.25, 0.3) is 0 Å². The summed E-state index contributed by atoms with van der Waals surface area (Å²) in [4.78, 5) is 11.7. The summed E-state index contributed by atoms with van der Waals surface area (Å²) in [6.07, 6.45) is 8.49. The highest BCUT2D eigenvalue weighted by Gasteiger charge is 2.33. The van der Waals surface area contributed by atoms with E-state index in [4.69, 9.17) is 14.5 Å². The van der Waals surface area contributed by atoms with Crippen LogP contribution in [0.1, 0.15) is 51.5 Å². The van der Waals surface area contributed by atoms with E-state index in [1.165, 1.54) is 25.7 Å². The standard InChI is InChI=1S/C23H39N5O2.HI/c1-4-24-22(27-18-23(11-13-29-3)9-5-6-10-23)26-16-20-7-8-21(25-15-20)28-12-14-30-19(2)17-28;/h7-8,15,19H,4-6,9-14,16-18H2,1-3H3,(H2,24,26,27);1H. The van der Waals surface area contributed by atoms with Gasteiger partial charge < -0.3 is 25.0 Å². The van der Waals surface area contributed by atoms with Crippen LogP contribution in [0.4, 0.5) is 5.82 Å². The van der Waals surface area contributed by atoms with E-state index in [0.29, 0.717) is 12.0 Å². The molecule has 1 aromatic heterocycles. The topological polar surface area (TPSA) is 71.0 Å². The van der Waals surface area contributed by atoms with E-state index < -0.39 is 0 Å². The monoisotopic (exact) mass is 545 g/mol. The highest BCUT2D eigenvalue weighted by Crippen LogP contribution is 2.40. The van der Waals surface area contributed by atoms with Gasteiger partial charge >= 0.3 is 0 Å². The Balaban J connectivity index is 0.00000341. The summed E-state index contributed by atoms with van der Waals surface area (Å²) in [5, 5.41) is 6.97. The molecule has 0 spiro atoms. The number of pyridine rings is 1. The second kappa shape index (κ2) is 13.4. The summed E-state index contributed by atoms with van der Waals surface area (Å²) < 4.78 is 11.0. The van der Waals surface area contributed by atoms with E-state index in [-0.39, 0.29) is 30.1 Å². The van der Waals surface area contributed by atoms with E-state index in [2.05, 4.69) is 46.5 Å². The summed E-state index contributed by atoms with van der Waals surface area (Å²) in [5.74, 6) is 1.90. The molecule has 176 valence electrons. The summed E-state index contributed by atoms with van der Waals surface area (Å²) in [7, 11) is 1.79. The van der Waals surface area contributed by atoms with Gasteiger partial charge in [-0.3, -0.25) is 0 Å². The van der Waals surface area contributed by atoms with Gasteiger partial charge in [0.05, 0.1) is 19.3 Å². The molecule has 2 aliphatic rings. The van der Waals surface area contributed by atoms with Crippen molar-refractivity contribution in [3.05, 3.63) is 23.9 Å². The SMILES string of the molecule is CCNC(=NCc1ccc(N2CCOC(C)C2)nc1)NCC1(CCOC)CCCC1.I. The zero-order valence-corrected chi connectivity index (χ0v) is 21.7. The lowest BCUT2D eigenvalue weighted by Crippen LogP contribution is -2.43. The fourth-order valence-corrected chi connectivity index (χ4v) is 4.47. The molecule has 1 aliphatic carbocycles. The number of hydrogen-bond donors (Lipinski definition) is 2. The molecule has 0 aromatic carbocycles. The molecule has 1 unspecified atom stereocenters. The Labute approximate surface area is 204 Å². The van der Waals surface area contributed by atoms with Crippen molar-refractivity contribution in [2.75, 3.05) is 51.4 Å². The van der Waals surface area contributed by atoms with Gasteiger partial charge in [-0.2, -0.15) is 0 Å². The number of hydrogen-bond acceptors (Lipinski definition) is 5. The zero-order chi connectivity index (χ0) is 21.2. The van der Waals surface area contributed by atoms with Crippen LogP contribution >= 0.6 is 24.0 Å². The fraction of sp³-hybridized carbons (Fsp3) is 0.739. The summed E-state index contributed by atoms with van der Waals surface area (Å²) in [6, 6.07) is 4.23. The molecule has 1 atom stereocenters. The Hall–Kier alpha value is -1.13. The Morgan fingerprint density at radius 3 is 2.77 bits per heavy atom. The minimum Gasteiger partial charge on any atom is -0.385 e. The summed E-state index contributed by atoms with van der Waals surface area (Å²) >= 11 is 0. The van der Waals surface area contributed by atoms with Gasteiger partial charge in [0.15, 0.2) is 5.96 Å². The first-order valence-corrected chi connectivity index (χ1v) is 11.5. The van der Waals surface area contributed by atoms with Gasteiger partial charge in [0, 0.05) is 46.1 Å². The third kappa shape index (κ3) is 8.05. The van der Waals surface area contributed by atoms with Crippen molar-refractivity contribution in [1.82, 2.24) is 15.6 Å². The number of methoxy groups -OCH3 is 1. The first kappa shape index (κ1) is 26.1. The van der Waals surface area contributed by atoms with Gasteiger partial charge in [-0.25, -0.2) is 9.98 Å². The molecule has 2 N–H and O–H groups in total. The van der Waals surface area contributed by atoms with Crippen molar-refractivity contribution < 1.29 is 9.47 Å². The van der Waals surface area contributed by atoms with Gasteiger partial charge in [0.2, 0.25) is 0 Å². The fourth-order valence-electron chi connectivity index (χ4n) is 4.47. The van der Waals surface area contributed by atoms with E-state index in [0.717, 1.165) is 63.2 Å². The van der Waals surface area contributed by atoms with Crippen LogP contribution in [-0.4, -0.2) is 63.6 Å². The van der Waals surface area contributed by atoms with Crippen LogP contribution in [-0.2, 0) is 16.0 Å². The first-order chi connectivity index (χ1) is 14.6. The molecule has 0 bridgehead atoms. The summed E-state index contributed by atoms with van der Waals surface area (Å²) in [6.45, 7) is 10.0. The van der Waals surface area contributed by atoms with Gasteiger partial charge in [-0.05, 0) is 50.2 Å². The average molecular weight is 546 g/mol. The van der Waals surface area contributed by atoms with Crippen LogP contribution in [0.5, 0.6) is 0 Å². The van der Waals surface area contributed by atoms with Crippen molar-refractivity contribution in [3.8, 4) is 0 Å². The van der Waals surface area contributed by atoms with Crippen molar-refractivity contribution >= 4 is 35.8 Å². The van der Waals surface area contributed by atoms with Crippen molar-refractivity contribution in [1.29, 1.82) is 0 Å². The van der Waals surface area contributed by atoms with Gasteiger partial charge in [-0.1, -0.05) is 18.9 Å².